The number of allylic oxidation sites excluding steroid dienone is 3. The molecule has 0 spiro atoms. The Hall–Kier alpha value is -1.13. The van der Waals surface area contributed by atoms with Crippen LogP contribution in [0.2, 0.25) is 0 Å². The minimum atomic E-state index is -0.752. The molecule has 1 saturated carbocycles. The van der Waals surface area contributed by atoms with Crippen LogP contribution in [0.25, 0.3) is 0 Å². The van der Waals surface area contributed by atoms with E-state index in [2.05, 4.69) is 26.0 Å². The Morgan fingerprint density at radius 3 is 2.62 bits per heavy atom. The lowest BCUT2D eigenvalue weighted by molar-refractivity contribution is -0.137. The molecule has 1 aliphatic carbocycles. The van der Waals surface area contributed by atoms with Gasteiger partial charge in [-0.25, -0.2) is 0 Å². The normalized spacial score (nSPS) is 25.9. The van der Waals surface area contributed by atoms with Crippen LogP contribution < -0.4 is 0 Å². The maximum Gasteiger partial charge on any atom is 0.303 e. The molecule has 1 aliphatic rings. The van der Waals surface area contributed by atoms with E-state index in [1.54, 1.807) is 0 Å². The summed E-state index contributed by atoms with van der Waals surface area (Å²) in [6.07, 6.45) is 16.1. The van der Waals surface area contributed by atoms with Gasteiger partial charge in [0.1, 0.15) is 0 Å². The van der Waals surface area contributed by atoms with Crippen molar-refractivity contribution < 1.29 is 20.1 Å². The average molecular weight is 367 g/mol. The third kappa shape index (κ3) is 8.50. The molecule has 0 aliphatic heterocycles. The molecular formula is C22H38O4. The van der Waals surface area contributed by atoms with Crippen molar-refractivity contribution >= 4 is 5.97 Å². The number of hydrogen-bond donors (Lipinski definition) is 3. The summed E-state index contributed by atoms with van der Waals surface area (Å²) in [6.45, 7) is 4.31. The van der Waals surface area contributed by atoms with E-state index < -0.39 is 12.1 Å². The van der Waals surface area contributed by atoms with Gasteiger partial charge in [0.25, 0.3) is 0 Å². The molecule has 5 unspecified atom stereocenters. The van der Waals surface area contributed by atoms with Gasteiger partial charge in [-0.3, -0.25) is 4.79 Å². The van der Waals surface area contributed by atoms with Crippen LogP contribution in [0.1, 0.15) is 78.1 Å². The Morgan fingerprint density at radius 2 is 1.96 bits per heavy atom. The van der Waals surface area contributed by atoms with E-state index in [1.165, 1.54) is 0 Å². The highest BCUT2D eigenvalue weighted by Gasteiger charge is 2.32. The molecule has 0 amide bonds. The average Bonchev–Trinajstić information content (AvgIpc) is 2.96. The largest absolute Gasteiger partial charge is 0.481 e. The predicted molar refractivity (Wildman–Crippen MR) is 106 cm³/mol. The topological polar surface area (TPSA) is 77.8 Å². The van der Waals surface area contributed by atoms with Crippen LogP contribution in [0.4, 0.5) is 0 Å². The number of carboxylic acids is 1. The van der Waals surface area contributed by atoms with Gasteiger partial charge >= 0.3 is 5.97 Å². The van der Waals surface area contributed by atoms with E-state index in [0.717, 1.165) is 51.4 Å². The summed E-state index contributed by atoms with van der Waals surface area (Å²) in [5.74, 6) is 0.0831. The summed E-state index contributed by atoms with van der Waals surface area (Å²) in [5, 5.41) is 29.4. The molecule has 150 valence electrons. The Labute approximate surface area is 159 Å². The zero-order valence-electron chi connectivity index (χ0n) is 16.5. The summed E-state index contributed by atoms with van der Waals surface area (Å²) in [7, 11) is 0. The van der Waals surface area contributed by atoms with E-state index in [1.807, 2.05) is 12.2 Å². The third-order valence-electron chi connectivity index (χ3n) is 5.67. The van der Waals surface area contributed by atoms with E-state index in [4.69, 9.17) is 5.11 Å². The second-order valence-electron chi connectivity index (χ2n) is 7.65. The van der Waals surface area contributed by atoms with Crippen molar-refractivity contribution in [3.05, 3.63) is 24.3 Å². The fourth-order valence-electron chi connectivity index (χ4n) is 3.89. The summed E-state index contributed by atoms with van der Waals surface area (Å²) >= 11 is 0. The van der Waals surface area contributed by atoms with Crippen LogP contribution in [0.15, 0.2) is 24.3 Å². The van der Waals surface area contributed by atoms with E-state index in [9.17, 15) is 15.0 Å². The molecule has 0 heterocycles. The van der Waals surface area contributed by atoms with Crippen molar-refractivity contribution in [2.24, 2.45) is 17.8 Å². The first-order valence-corrected chi connectivity index (χ1v) is 10.4. The van der Waals surface area contributed by atoms with Gasteiger partial charge in [0.2, 0.25) is 0 Å². The van der Waals surface area contributed by atoms with Gasteiger partial charge in [0.15, 0.2) is 0 Å². The van der Waals surface area contributed by atoms with Crippen LogP contribution in [0.5, 0.6) is 0 Å². The monoisotopic (exact) mass is 366 g/mol. The van der Waals surface area contributed by atoms with E-state index in [-0.39, 0.29) is 18.4 Å². The molecular weight excluding hydrogens is 328 g/mol. The number of aliphatic hydroxyl groups excluding tert-OH is 2. The smallest absolute Gasteiger partial charge is 0.303 e. The molecule has 3 N–H and O–H groups in total. The van der Waals surface area contributed by atoms with Crippen molar-refractivity contribution in [2.75, 3.05) is 0 Å². The van der Waals surface area contributed by atoms with Crippen LogP contribution in [0.3, 0.4) is 0 Å². The van der Waals surface area contributed by atoms with Crippen molar-refractivity contribution in [1.82, 2.24) is 0 Å². The van der Waals surface area contributed by atoms with Gasteiger partial charge in [-0.05, 0) is 56.3 Å². The minimum absolute atomic E-state index is 0.199. The summed E-state index contributed by atoms with van der Waals surface area (Å²) in [4.78, 5) is 10.5. The highest BCUT2D eigenvalue weighted by Crippen LogP contribution is 2.36. The van der Waals surface area contributed by atoms with Crippen LogP contribution in [-0.4, -0.2) is 33.5 Å². The standard InChI is InChI=1S/C22H38O4/c1-3-5-10-17(4-2)20(23)15-13-18-14-16-21(24)19(18)11-8-6-7-9-12-22(25)26/h6,8,13,15,17-21,23-24H,3-5,7,9-12,14,16H2,1-2H3,(H,25,26)/b8-6+,15-13-. The molecule has 1 fully saturated rings. The lowest BCUT2D eigenvalue weighted by atomic mass is 9.88. The minimum Gasteiger partial charge on any atom is -0.481 e. The number of carboxylic acid groups (broad SMARTS) is 1. The molecule has 0 saturated heterocycles. The number of unbranched alkanes of at least 4 members (excludes halogenated alkanes) is 2. The highest BCUT2D eigenvalue weighted by molar-refractivity contribution is 5.66. The molecule has 0 bridgehead atoms. The van der Waals surface area contributed by atoms with Crippen molar-refractivity contribution in [2.45, 2.75) is 90.3 Å². The van der Waals surface area contributed by atoms with Crippen molar-refractivity contribution in [3.63, 3.8) is 0 Å². The Kier molecular flexibility index (Phi) is 11.5. The fourth-order valence-corrected chi connectivity index (χ4v) is 3.89. The Bertz CT molecular complexity index is 443. The zero-order chi connectivity index (χ0) is 19.4. The molecule has 1 rings (SSSR count). The first-order valence-electron chi connectivity index (χ1n) is 10.4. The number of hydrogen-bond acceptors (Lipinski definition) is 3. The summed E-state index contributed by atoms with van der Waals surface area (Å²) < 4.78 is 0. The third-order valence-corrected chi connectivity index (χ3v) is 5.67. The maximum absolute atomic E-state index is 10.5. The number of rotatable bonds is 13. The molecule has 26 heavy (non-hydrogen) atoms. The first kappa shape index (κ1) is 22.9. The molecule has 5 atom stereocenters. The lowest BCUT2D eigenvalue weighted by Gasteiger charge is -2.21. The van der Waals surface area contributed by atoms with Crippen molar-refractivity contribution in [1.29, 1.82) is 0 Å². The molecule has 0 aromatic carbocycles. The number of aliphatic hydroxyl groups is 2. The van der Waals surface area contributed by atoms with Crippen LogP contribution >= 0.6 is 0 Å². The summed E-state index contributed by atoms with van der Waals surface area (Å²) in [6, 6.07) is 0. The zero-order valence-corrected chi connectivity index (χ0v) is 16.5. The van der Waals surface area contributed by atoms with E-state index in [0.29, 0.717) is 18.3 Å². The predicted octanol–water partition coefficient (Wildman–Crippen LogP) is 4.71. The number of aliphatic carboxylic acids is 1. The van der Waals surface area contributed by atoms with E-state index >= 15 is 0 Å². The number of carbonyl (C=O) groups is 1. The first-order chi connectivity index (χ1) is 12.5. The fraction of sp³-hybridized carbons (Fsp3) is 0.773. The van der Waals surface area contributed by atoms with Crippen LogP contribution in [0, 0.1) is 17.8 Å². The van der Waals surface area contributed by atoms with Gasteiger partial charge in [-0.1, -0.05) is 57.4 Å². The Balaban J connectivity index is 2.48. The second kappa shape index (κ2) is 13.1. The lowest BCUT2D eigenvalue weighted by Crippen LogP contribution is -2.20. The van der Waals surface area contributed by atoms with Gasteiger partial charge in [0.05, 0.1) is 12.2 Å². The highest BCUT2D eigenvalue weighted by atomic mass is 16.4. The summed E-state index contributed by atoms with van der Waals surface area (Å²) in [5.41, 5.74) is 0. The van der Waals surface area contributed by atoms with Gasteiger partial charge in [-0.15, -0.1) is 0 Å². The SMILES string of the molecule is CCCCC(CC)C(O)/C=C\C1CCC(O)C1C/C=C/CCCC(=O)O. The molecule has 4 nitrogen and oxygen atoms in total. The Morgan fingerprint density at radius 1 is 1.19 bits per heavy atom. The van der Waals surface area contributed by atoms with Crippen LogP contribution in [-0.2, 0) is 4.79 Å². The molecule has 0 aromatic heterocycles. The molecule has 0 radical (unpaired) electrons. The molecule has 4 heteroatoms. The van der Waals surface area contributed by atoms with Crippen molar-refractivity contribution in [3.8, 4) is 0 Å². The van der Waals surface area contributed by atoms with Gasteiger partial charge < -0.3 is 15.3 Å². The van der Waals surface area contributed by atoms with Gasteiger partial charge in [0, 0.05) is 6.42 Å². The molecule has 0 aromatic rings. The quantitative estimate of drug-likeness (QED) is 0.326. The second-order valence-corrected chi connectivity index (χ2v) is 7.65. The van der Waals surface area contributed by atoms with Gasteiger partial charge in [-0.2, -0.15) is 0 Å². The maximum atomic E-state index is 10.5.